The Morgan fingerprint density at radius 1 is 1.33 bits per heavy atom. The summed E-state index contributed by atoms with van der Waals surface area (Å²) in [6, 6.07) is 10.6. The van der Waals surface area contributed by atoms with Gasteiger partial charge in [0.25, 0.3) is 0 Å². The van der Waals surface area contributed by atoms with Crippen LogP contribution >= 0.6 is 0 Å². The molecule has 2 rings (SSSR count). The Kier molecular flexibility index (Phi) is 2.13. The van der Waals surface area contributed by atoms with Crippen LogP contribution in [0.2, 0.25) is 0 Å². The summed E-state index contributed by atoms with van der Waals surface area (Å²) in [7, 11) is 0. The fraction of sp³-hybridized carbons (Fsp3) is 0.455. The third kappa shape index (κ3) is 1.51. The Balaban J connectivity index is 1.97. The van der Waals surface area contributed by atoms with E-state index in [0.717, 1.165) is 6.61 Å². The minimum atomic E-state index is 0.498. The van der Waals surface area contributed by atoms with E-state index in [9.17, 15) is 0 Å². The van der Waals surface area contributed by atoms with Crippen molar-refractivity contribution >= 4 is 0 Å². The molecule has 64 valence electrons. The second-order valence-corrected chi connectivity index (χ2v) is 3.25. The van der Waals surface area contributed by atoms with Crippen LogP contribution in [0.1, 0.15) is 24.8 Å². The smallest absolute Gasteiger partial charge is 0.0651 e. The maximum atomic E-state index is 5.52. The van der Waals surface area contributed by atoms with Crippen LogP contribution in [0.15, 0.2) is 30.3 Å². The van der Waals surface area contributed by atoms with Crippen molar-refractivity contribution in [1.29, 1.82) is 0 Å². The van der Waals surface area contributed by atoms with E-state index in [4.69, 9.17) is 4.74 Å². The highest BCUT2D eigenvalue weighted by Gasteiger charge is 2.38. The molecule has 1 aliphatic rings. The number of benzene rings is 1. The normalized spacial score (nSPS) is 27.1. The van der Waals surface area contributed by atoms with E-state index in [1.54, 1.807) is 0 Å². The monoisotopic (exact) mass is 162 g/mol. The van der Waals surface area contributed by atoms with Crippen molar-refractivity contribution in [1.82, 2.24) is 0 Å². The fourth-order valence-corrected chi connectivity index (χ4v) is 1.62. The molecule has 1 aromatic rings. The molecule has 12 heavy (non-hydrogen) atoms. The second-order valence-electron chi connectivity index (χ2n) is 3.25. The van der Waals surface area contributed by atoms with E-state index < -0.39 is 0 Å². The van der Waals surface area contributed by atoms with Gasteiger partial charge in [0, 0.05) is 12.5 Å². The van der Waals surface area contributed by atoms with Crippen LogP contribution in [0.3, 0.4) is 0 Å². The summed E-state index contributed by atoms with van der Waals surface area (Å²) in [5.74, 6) is 0.672. The molecule has 0 heterocycles. The molecule has 1 saturated carbocycles. The Morgan fingerprint density at radius 3 is 2.75 bits per heavy atom. The Hall–Kier alpha value is -0.820. The molecule has 0 unspecified atom stereocenters. The van der Waals surface area contributed by atoms with Gasteiger partial charge in [-0.25, -0.2) is 0 Å². The van der Waals surface area contributed by atoms with E-state index in [-0.39, 0.29) is 0 Å². The zero-order valence-corrected chi connectivity index (χ0v) is 7.36. The van der Waals surface area contributed by atoms with Crippen LogP contribution in [0, 0.1) is 0 Å². The molecule has 0 aromatic heterocycles. The third-order valence-corrected chi connectivity index (χ3v) is 2.34. The van der Waals surface area contributed by atoms with Gasteiger partial charge in [-0.2, -0.15) is 0 Å². The number of rotatable bonds is 3. The molecule has 2 atom stereocenters. The van der Waals surface area contributed by atoms with Gasteiger partial charge in [-0.05, 0) is 18.9 Å². The summed E-state index contributed by atoms with van der Waals surface area (Å²) in [4.78, 5) is 0. The molecular formula is C11H14O. The minimum absolute atomic E-state index is 0.498. The zero-order chi connectivity index (χ0) is 8.39. The summed E-state index contributed by atoms with van der Waals surface area (Å²) in [5, 5.41) is 0. The molecule has 0 amide bonds. The number of hydrogen-bond donors (Lipinski definition) is 0. The molecule has 1 heteroatoms. The molecule has 1 aromatic carbocycles. The van der Waals surface area contributed by atoms with Crippen molar-refractivity contribution < 1.29 is 4.74 Å². The molecule has 1 fully saturated rings. The minimum Gasteiger partial charge on any atom is -0.378 e. The fourth-order valence-electron chi connectivity index (χ4n) is 1.62. The van der Waals surface area contributed by atoms with Crippen molar-refractivity contribution in [2.75, 3.05) is 6.61 Å². The average molecular weight is 162 g/mol. The first-order chi connectivity index (χ1) is 5.92. The van der Waals surface area contributed by atoms with Gasteiger partial charge in [-0.15, -0.1) is 0 Å². The Labute approximate surface area is 73.4 Å². The van der Waals surface area contributed by atoms with Crippen LogP contribution in [-0.2, 0) is 4.74 Å². The van der Waals surface area contributed by atoms with Crippen molar-refractivity contribution in [2.45, 2.75) is 25.4 Å². The Morgan fingerprint density at radius 2 is 2.08 bits per heavy atom. The number of ether oxygens (including phenoxy) is 1. The van der Waals surface area contributed by atoms with Gasteiger partial charge in [0.15, 0.2) is 0 Å². The van der Waals surface area contributed by atoms with Crippen molar-refractivity contribution in [3.8, 4) is 0 Å². The predicted molar refractivity (Wildman–Crippen MR) is 49.2 cm³/mol. The first kappa shape index (κ1) is 7.81. The molecule has 0 saturated heterocycles. The largest absolute Gasteiger partial charge is 0.378 e. The topological polar surface area (TPSA) is 9.23 Å². The van der Waals surface area contributed by atoms with E-state index in [1.165, 1.54) is 12.0 Å². The van der Waals surface area contributed by atoms with Gasteiger partial charge in [0.2, 0.25) is 0 Å². The maximum Gasteiger partial charge on any atom is 0.0651 e. The van der Waals surface area contributed by atoms with E-state index in [1.807, 2.05) is 0 Å². The lowest BCUT2D eigenvalue weighted by Gasteiger charge is -1.99. The van der Waals surface area contributed by atoms with E-state index >= 15 is 0 Å². The molecule has 1 aliphatic carbocycles. The summed E-state index contributed by atoms with van der Waals surface area (Å²) in [5.41, 5.74) is 1.43. The SMILES string of the molecule is CCO[C@@H]1C[C@H]1c1ccccc1. The van der Waals surface area contributed by atoms with Crippen LogP contribution in [0.25, 0.3) is 0 Å². The van der Waals surface area contributed by atoms with Crippen LogP contribution in [0.4, 0.5) is 0 Å². The predicted octanol–water partition coefficient (Wildman–Crippen LogP) is 2.58. The van der Waals surface area contributed by atoms with Crippen LogP contribution in [0.5, 0.6) is 0 Å². The molecule has 0 spiro atoms. The van der Waals surface area contributed by atoms with Crippen molar-refractivity contribution in [3.63, 3.8) is 0 Å². The summed E-state index contributed by atoms with van der Waals surface area (Å²) in [6.45, 7) is 2.90. The molecule has 0 bridgehead atoms. The quantitative estimate of drug-likeness (QED) is 0.663. The molecule has 0 N–H and O–H groups in total. The summed E-state index contributed by atoms with van der Waals surface area (Å²) < 4.78 is 5.52. The van der Waals surface area contributed by atoms with E-state index in [0.29, 0.717) is 12.0 Å². The molecular weight excluding hydrogens is 148 g/mol. The first-order valence-electron chi connectivity index (χ1n) is 4.58. The average Bonchev–Trinajstić information content (AvgIpc) is 2.87. The third-order valence-electron chi connectivity index (χ3n) is 2.34. The zero-order valence-electron chi connectivity index (χ0n) is 7.36. The van der Waals surface area contributed by atoms with Crippen LogP contribution in [-0.4, -0.2) is 12.7 Å². The molecule has 1 nitrogen and oxygen atoms in total. The van der Waals surface area contributed by atoms with Crippen molar-refractivity contribution in [2.24, 2.45) is 0 Å². The lowest BCUT2D eigenvalue weighted by atomic mass is 10.1. The highest BCUT2D eigenvalue weighted by atomic mass is 16.5. The molecule has 0 aliphatic heterocycles. The van der Waals surface area contributed by atoms with Gasteiger partial charge in [-0.1, -0.05) is 30.3 Å². The maximum absolute atomic E-state index is 5.52. The highest BCUT2D eigenvalue weighted by Crippen LogP contribution is 2.42. The van der Waals surface area contributed by atoms with Crippen LogP contribution < -0.4 is 0 Å². The summed E-state index contributed by atoms with van der Waals surface area (Å²) in [6.07, 6.45) is 1.70. The standard InChI is InChI=1S/C11H14O/c1-2-12-11-8-10(11)9-6-4-3-5-7-9/h3-7,10-11H,2,8H2,1H3/t10-,11+/m0/s1. The number of hydrogen-bond acceptors (Lipinski definition) is 1. The second kappa shape index (κ2) is 3.28. The van der Waals surface area contributed by atoms with Gasteiger partial charge in [-0.3, -0.25) is 0 Å². The lowest BCUT2D eigenvalue weighted by Crippen LogP contribution is -1.94. The lowest BCUT2D eigenvalue weighted by molar-refractivity contribution is 0.128. The summed E-state index contributed by atoms with van der Waals surface area (Å²) >= 11 is 0. The molecule has 0 radical (unpaired) electrons. The van der Waals surface area contributed by atoms with Gasteiger partial charge < -0.3 is 4.74 Å². The Bertz CT molecular complexity index is 242. The van der Waals surface area contributed by atoms with Gasteiger partial charge in [0.1, 0.15) is 0 Å². The van der Waals surface area contributed by atoms with Gasteiger partial charge >= 0.3 is 0 Å². The van der Waals surface area contributed by atoms with Crippen molar-refractivity contribution in [3.05, 3.63) is 35.9 Å². The van der Waals surface area contributed by atoms with E-state index in [2.05, 4.69) is 37.3 Å². The highest BCUT2D eigenvalue weighted by molar-refractivity contribution is 5.26. The first-order valence-corrected chi connectivity index (χ1v) is 4.58. The van der Waals surface area contributed by atoms with Gasteiger partial charge in [0.05, 0.1) is 6.10 Å².